The maximum absolute atomic E-state index is 12.0. The number of rotatable bonds is 9. The average Bonchev–Trinajstić information content (AvgIpc) is 2.46. The van der Waals surface area contributed by atoms with E-state index < -0.39 is 0 Å². The fourth-order valence-corrected chi connectivity index (χ4v) is 2.07. The van der Waals surface area contributed by atoms with Gasteiger partial charge in [0.05, 0.1) is 18.9 Å². The number of hydrogen-bond donors (Lipinski definition) is 3. The van der Waals surface area contributed by atoms with Crippen LogP contribution in [0.1, 0.15) is 33.1 Å². The lowest BCUT2D eigenvalue weighted by atomic mass is 10.1. The first-order chi connectivity index (χ1) is 10.1. The van der Waals surface area contributed by atoms with Gasteiger partial charge in [0.2, 0.25) is 5.91 Å². The number of aliphatic hydroxyl groups is 1. The maximum Gasteiger partial charge on any atom is 0.226 e. The first-order valence-corrected chi connectivity index (χ1v) is 7.41. The van der Waals surface area contributed by atoms with Gasteiger partial charge in [-0.3, -0.25) is 4.79 Å². The van der Waals surface area contributed by atoms with Crippen molar-refractivity contribution < 1.29 is 14.6 Å². The second-order valence-corrected chi connectivity index (χ2v) is 5.20. The molecule has 0 fully saturated rings. The SMILES string of the molecule is CCCC(O)CNC(C)CC(=O)Nc1ccccc1OC. The van der Waals surface area contributed by atoms with Crippen LogP contribution in [0.4, 0.5) is 5.69 Å². The predicted octanol–water partition coefficient (Wildman–Crippen LogP) is 2.16. The van der Waals surface area contributed by atoms with Crippen LogP contribution in [0.3, 0.4) is 0 Å². The van der Waals surface area contributed by atoms with Crippen molar-refractivity contribution in [1.82, 2.24) is 5.32 Å². The van der Waals surface area contributed by atoms with Gasteiger partial charge in [0.15, 0.2) is 0 Å². The van der Waals surface area contributed by atoms with E-state index in [1.54, 1.807) is 19.2 Å². The molecule has 0 bridgehead atoms. The van der Waals surface area contributed by atoms with Crippen molar-refractivity contribution >= 4 is 11.6 Å². The zero-order valence-electron chi connectivity index (χ0n) is 13.1. The van der Waals surface area contributed by atoms with Crippen LogP contribution < -0.4 is 15.4 Å². The summed E-state index contributed by atoms with van der Waals surface area (Å²) in [6.45, 7) is 4.48. The highest BCUT2D eigenvalue weighted by Crippen LogP contribution is 2.23. The Morgan fingerprint density at radius 3 is 2.76 bits per heavy atom. The first kappa shape index (κ1) is 17.5. The molecule has 1 rings (SSSR count). The van der Waals surface area contributed by atoms with Gasteiger partial charge in [0.25, 0.3) is 0 Å². The van der Waals surface area contributed by atoms with Crippen LogP contribution in [0, 0.1) is 0 Å². The number of para-hydroxylation sites is 2. The van der Waals surface area contributed by atoms with Gasteiger partial charge in [0, 0.05) is 19.0 Å². The summed E-state index contributed by atoms with van der Waals surface area (Å²) < 4.78 is 5.19. The van der Waals surface area contributed by atoms with Gasteiger partial charge in [-0.1, -0.05) is 25.5 Å². The molecule has 0 heterocycles. The molecule has 1 amide bonds. The number of ether oxygens (including phenoxy) is 1. The van der Waals surface area contributed by atoms with E-state index in [-0.39, 0.29) is 18.1 Å². The highest BCUT2D eigenvalue weighted by atomic mass is 16.5. The van der Waals surface area contributed by atoms with Crippen molar-refractivity contribution in [3.05, 3.63) is 24.3 Å². The number of aliphatic hydroxyl groups excluding tert-OH is 1. The second kappa shape index (κ2) is 9.37. The quantitative estimate of drug-likeness (QED) is 0.653. The van der Waals surface area contributed by atoms with Crippen molar-refractivity contribution in [3.8, 4) is 5.75 Å². The molecule has 5 heteroatoms. The number of hydrogen-bond acceptors (Lipinski definition) is 4. The molecule has 2 unspecified atom stereocenters. The highest BCUT2D eigenvalue weighted by Gasteiger charge is 2.12. The van der Waals surface area contributed by atoms with Crippen LogP contribution in [0.2, 0.25) is 0 Å². The topological polar surface area (TPSA) is 70.6 Å². The fourth-order valence-electron chi connectivity index (χ4n) is 2.07. The minimum absolute atomic E-state index is 0.00575. The van der Waals surface area contributed by atoms with Crippen LogP contribution in [0.15, 0.2) is 24.3 Å². The molecule has 1 aromatic carbocycles. The minimum Gasteiger partial charge on any atom is -0.495 e. The Balaban J connectivity index is 2.39. The van der Waals surface area contributed by atoms with Gasteiger partial charge < -0.3 is 20.5 Å². The van der Waals surface area contributed by atoms with E-state index in [4.69, 9.17) is 4.74 Å². The third-order valence-electron chi connectivity index (χ3n) is 3.20. The smallest absolute Gasteiger partial charge is 0.226 e. The molecular weight excluding hydrogens is 268 g/mol. The van der Waals surface area contributed by atoms with Gasteiger partial charge in [0.1, 0.15) is 5.75 Å². The number of nitrogens with one attached hydrogen (secondary N) is 2. The summed E-state index contributed by atoms with van der Waals surface area (Å²) in [4.78, 5) is 12.0. The molecular formula is C16H26N2O3. The third-order valence-corrected chi connectivity index (χ3v) is 3.20. The van der Waals surface area contributed by atoms with Crippen LogP contribution in [-0.4, -0.2) is 36.8 Å². The van der Waals surface area contributed by atoms with E-state index in [2.05, 4.69) is 10.6 Å². The predicted molar refractivity (Wildman–Crippen MR) is 84.6 cm³/mol. The third kappa shape index (κ3) is 6.60. The van der Waals surface area contributed by atoms with Crippen molar-refractivity contribution in [1.29, 1.82) is 0 Å². The summed E-state index contributed by atoms with van der Waals surface area (Å²) in [5, 5.41) is 15.7. The van der Waals surface area contributed by atoms with Crippen molar-refractivity contribution in [2.24, 2.45) is 0 Å². The first-order valence-electron chi connectivity index (χ1n) is 7.41. The Labute approximate surface area is 126 Å². The van der Waals surface area contributed by atoms with E-state index in [1.807, 2.05) is 26.0 Å². The second-order valence-electron chi connectivity index (χ2n) is 5.20. The summed E-state index contributed by atoms with van der Waals surface area (Å²) in [5.74, 6) is 0.564. The summed E-state index contributed by atoms with van der Waals surface area (Å²) in [6.07, 6.45) is 1.71. The average molecular weight is 294 g/mol. The zero-order chi connectivity index (χ0) is 15.7. The van der Waals surface area contributed by atoms with Crippen molar-refractivity contribution in [3.63, 3.8) is 0 Å². The summed E-state index contributed by atoms with van der Waals surface area (Å²) in [5.41, 5.74) is 0.670. The lowest BCUT2D eigenvalue weighted by molar-refractivity contribution is -0.116. The number of anilines is 1. The number of methoxy groups -OCH3 is 1. The molecule has 0 aliphatic heterocycles. The monoisotopic (exact) mass is 294 g/mol. The largest absolute Gasteiger partial charge is 0.495 e. The zero-order valence-corrected chi connectivity index (χ0v) is 13.1. The maximum atomic E-state index is 12.0. The molecule has 0 aliphatic carbocycles. The van der Waals surface area contributed by atoms with Crippen molar-refractivity contribution in [2.45, 2.75) is 45.3 Å². The summed E-state index contributed by atoms with van der Waals surface area (Å²) in [7, 11) is 1.57. The number of carbonyl (C=O) groups excluding carboxylic acids is 1. The van der Waals surface area contributed by atoms with Gasteiger partial charge in [-0.2, -0.15) is 0 Å². The summed E-state index contributed by atoms with van der Waals surface area (Å²) >= 11 is 0. The van der Waals surface area contributed by atoms with Crippen LogP contribution in [0.25, 0.3) is 0 Å². The fraction of sp³-hybridized carbons (Fsp3) is 0.562. The number of amides is 1. The van der Waals surface area contributed by atoms with Gasteiger partial charge in [-0.15, -0.1) is 0 Å². The Hall–Kier alpha value is -1.59. The van der Waals surface area contributed by atoms with E-state index in [0.29, 0.717) is 24.4 Å². The summed E-state index contributed by atoms with van der Waals surface area (Å²) in [6, 6.07) is 7.32. The lowest BCUT2D eigenvalue weighted by Gasteiger charge is -2.17. The van der Waals surface area contributed by atoms with Gasteiger partial charge in [-0.25, -0.2) is 0 Å². The van der Waals surface area contributed by atoms with E-state index in [1.165, 1.54) is 0 Å². The van der Waals surface area contributed by atoms with Crippen molar-refractivity contribution in [2.75, 3.05) is 19.0 Å². The molecule has 0 radical (unpaired) electrons. The van der Waals surface area contributed by atoms with Crippen LogP contribution in [-0.2, 0) is 4.79 Å². The van der Waals surface area contributed by atoms with E-state index in [9.17, 15) is 9.90 Å². The molecule has 1 aromatic rings. The van der Waals surface area contributed by atoms with Gasteiger partial charge >= 0.3 is 0 Å². The molecule has 0 saturated carbocycles. The Morgan fingerprint density at radius 2 is 2.10 bits per heavy atom. The van der Waals surface area contributed by atoms with Crippen LogP contribution in [0.5, 0.6) is 5.75 Å². The molecule has 0 saturated heterocycles. The highest BCUT2D eigenvalue weighted by molar-refractivity contribution is 5.92. The molecule has 2 atom stereocenters. The molecule has 21 heavy (non-hydrogen) atoms. The number of carbonyl (C=O) groups is 1. The van der Waals surface area contributed by atoms with Crippen LogP contribution >= 0.6 is 0 Å². The normalized spacial score (nSPS) is 13.5. The lowest BCUT2D eigenvalue weighted by Crippen LogP contribution is -2.36. The van der Waals surface area contributed by atoms with E-state index in [0.717, 1.165) is 12.8 Å². The molecule has 5 nitrogen and oxygen atoms in total. The molecule has 0 aromatic heterocycles. The Kier molecular flexibility index (Phi) is 7.79. The molecule has 3 N–H and O–H groups in total. The van der Waals surface area contributed by atoms with E-state index >= 15 is 0 Å². The standard InChI is InChI=1S/C16H26N2O3/c1-4-7-13(19)11-17-12(2)10-16(20)18-14-8-5-6-9-15(14)21-3/h5-6,8-9,12-13,17,19H,4,7,10-11H2,1-3H3,(H,18,20). The minimum atomic E-state index is -0.352. The molecule has 0 spiro atoms. The number of benzene rings is 1. The Bertz CT molecular complexity index is 437. The Morgan fingerprint density at radius 1 is 1.38 bits per heavy atom. The van der Waals surface area contributed by atoms with Gasteiger partial charge in [-0.05, 0) is 25.5 Å². The molecule has 0 aliphatic rings. The molecule has 118 valence electrons.